The smallest absolute Gasteiger partial charge is 0.221 e. The molecular formula is C23H39IN6O. The van der Waals surface area contributed by atoms with Gasteiger partial charge in [0.2, 0.25) is 5.91 Å². The number of primary amides is 1. The first kappa shape index (κ1) is 25.9. The molecule has 1 aromatic rings. The summed E-state index contributed by atoms with van der Waals surface area (Å²) in [5.74, 6) is 0.734. The number of piperidine rings is 1. The van der Waals surface area contributed by atoms with E-state index in [4.69, 9.17) is 5.73 Å². The van der Waals surface area contributed by atoms with Gasteiger partial charge in [-0.3, -0.25) is 14.7 Å². The number of nitrogens with zero attached hydrogens (tertiary/aromatic N) is 3. The van der Waals surface area contributed by atoms with E-state index in [2.05, 4.69) is 55.8 Å². The molecule has 8 heteroatoms. The lowest BCUT2D eigenvalue weighted by Gasteiger charge is -2.31. The van der Waals surface area contributed by atoms with E-state index in [0.29, 0.717) is 6.04 Å². The molecule has 0 aliphatic carbocycles. The van der Waals surface area contributed by atoms with Gasteiger partial charge in [0, 0.05) is 39.3 Å². The number of carbonyl (C=O) groups excluding carboxylic acids is 1. The van der Waals surface area contributed by atoms with Crippen molar-refractivity contribution in [3.63, 3.8) is 0 Å². The Labute approximate surface area is 204 Å². The number of carbonyl (C=O) groups is 1. The molecule has 0 radical (unpaired) electrons. The maximum absolute atomic E-state index is 11.4. The predicted molar refractivity (Wildman–Crippen MR) is 138 cm³/mol. The van der Waals surface area contributed by atoms with Gasteiger partial charge in [0.1, 0.15) is 0 Å². The Kier molecular flexibility index (Phi) is 11.6. The van der Waals surface area contributed by atoms with Crippen molar-refractivity contribution in [1.29, 1.82) is 0 Å². The summed E-state index contributed by atoms with van der Waals surface area (Å²) in [7, 11) is 1.83. The van der Waals surface area contributed by atoms with E-state index < -0.39 is 0 Å². The highest BCUT2D eigenvalue weighted by Crippen LogP contribution is 2.19. The molecule has 2 aliphatic heterocycles. The minimum Gasteiger partial charge on any atom is -0.369 e. The summed E-state index contributed by atoms with van der Waals surface area (Å²) in [5, 5.41) is 6.94. The van der Waals surface area contributed by atoms with Crippen LogP contribution in [0.25, 0.3) is 0 Å². The van der Waals surface area contributed by atoms with E-state index in [-0.39, 0.29) is 35.8 Å². The first-order valence-electron chi connectivity index (χ1n) is 11.4. The topological polar surface area (TPSA) is 86.0 Å². The molecule has 1 amide bonds. The molecule has 1 aromatic carbocycles. The first-order valence-corrected chi connectivity index (χ1v) is 11.4. The van der Waals surface area contributed by atoms with Crippen LogP contribution in [0.2, 0.25) is 0 Å². The fourth-order valence-electron chi connectivity index (χ4n) is 4.59. The highest BCUT2D eigenvalue weighted by Gasteiger charge is 2.25. The quantitative estimate of drug-likeness (QED) is 0.193. The van der Waals surface area contributed by atoms with Gasteiger partial charge in [-0.05, 0) is 57.3 Å². The van der Waals surface area contributed by atoms with Gasteiger partial charge in [-0.25, -0.2) is 0 Å². The molecule has 4 N–H and O–H groups in total. The zero-order chi connectivity index (χ0) is 21.2. The van der Waals surface area contributed by atoms with Crippen LogP contribution in [0, 0.1) is 5.92 Å². The molecule has 2 heterocycles. The van der Waals surface area contributed by atoms with Crippen molar-refractivity contribution in [1.82, 2.24) is 20.4 Å². The number of amides is 1. The summed E-state index contributed by atoms with van der Waals surface area (Å²) in [6.45, 7) is 6.82. The summed E-state index contributed by atoms with van der Waals surface area (Å²) in [6.07, 6.45) is 5.50. The van der Waals surface area contributed by atoms with Gasteiger partial charge in [-0.15, -0.1) is 24.0 Å². The van der Waals surface area contributed by atoms with Crippen LogP contribution in [0.1, 0.15) is 37.7 Å². The Morgan fingerprint density at radius 2 is 1.94 bits per heavy atom. The number of guanidine groups is 1. The zero-order valence-electron chi connectivity index (χ0n) is 18.8. The Morgan fingerprint density at radius 3 is 2.68 bits per heavy atom. The number of rotatable bonds is 9. The van der Waals surface area contributed by atoms with E-state index >= 15 is 0 Å². The van der Waals surface area contributed by atoms with Crippen LogP contribution in [-0.4, -0.2) is 74.0 Å². The maximum atomic E-state index is 11.4. The Balaban J connectivity index is 0.00000341. The number of halogens is 1. The fraction of sp³-hybridized carbons (Fsp3) is 0.652. The van der Waals surface area contributed by atoms with Gasteiger partial charge in [0.25, 0.3) is 0 Å². The van der Waals surface area contributed by atoms with Gasteiger partial charge in [-0.2, -0.15) is 0 Å². The molecule has 0 spiro atoms. The lowest BCUT2D eigenvalue weighted by molar-refractivity contribution is -0.123. The third-order valence-electron chi connectivity index (χ3n) is 6.31. The molecule has 0 bridgehead atoms. The molecule has 2 atom stereocenters. The summed E-state index contributed by atoms with van der Waals surface area (Å²) in [5.41, 5.74) is 6.85. The fourth-order valence-corrected chi connectivity index (χ4v) is 4.59. The van der Waals surface area contributed by atoms with Crippen molar-refractivity contribution in [2.24, 2.45) is 16.6 Å². The number of likely N-dealkylation sites (tertiary alicyclic amines) is 2. The second kappa shape index (κ2) is 13.9. The van der Waals surface area contributed by atoms with Crippen molar-refractivity contribution in [2.75, 3.05) is 46.3 Å². The number of hydrogen-bond donors (Lipinski definition) is 3. The normalized spacial score (nSPS) is 22.7. The van der Waals surface area contributed by atoms with Crippen molar-refractivity contribution in [3.05, 3.63) is 35.9 Å². The SMILES string of the molecule is CN=C(NCCCN1CCCC(C(N)=O)C1)NCC1CCCN1Cc1ccccc1.I. The van der Waals surface area contributed by atoms with Crippen LogP contribution in [0.5, 0.6) is 0 Å². The van der Waals surface area contributed by atoms with Gasteiger partial charge in [-0.1, -0.05) is 30.3 Å². The second-order valence-corrected chi connectivity index (χ2v) is 8.53. The monoisotopic (exact) mass is 542 g/mol. The molecule has 3 rings (SSSR count). The van der Waals surface area contributed by atoms with E-state index in [1.54, 1.807) is 0 Å². The summed E-state index contributed by atoms with van der Waals surface area (Å²) < 4.78 is 0. The van der Waals surface area contributed by atoms with Gasteiger partial charge in [0.05, 0.1) is 5.92 Å². The summed E-state index contributed by atoms with van der Waals surface area (Å²) in [6, 6.07) is 11.3. The first-order chi connectivity index (χ1) is 14.7. The standard InChI is InChI=1S/C23H38N6O.HI/c1-25-23(26-12-7-14-28-13-5-10-20(18-28)22(24)30)27-16-21-11-6-15-29(21)17-19-8-3-2-4-9-19;/h2-4,8-9,20-21H,5-7,10-18H2,1H3,(H2,24,30)(H2,25,26,27);1H. The van der Waals surface area contributed by atoms with Gasteiger partial charge < -0.3 is 21.3 Å². The minimum atomic E-state index is -0.157. The van der Waals surface area contributed by atoms with Crippen molar-refractivity contribution in [2.45, 2.75) is 44.7 Å². The Bertz CT molecular complexity index is 686. The van der Waals surface area contributed by atoms with Crippen molar-refractivity contribution in [3.8, 4) is 0 Å². The molecule has 0 aromatic heterocycles. The van der Waals surface area contributed by atoms with E-state index in [1.807, 2.05) is 7.05 Å². The predicted octanol–water partition coefficient (Wildman–Crippen LogP) is 2.02. The number of nitrogens with two attached hydrogens (primary N) is 1. The zero-order valence-corrected chi connectivity index (χ0v) is 21.1. The van der Waals surface area contributed by atoms with Gasteiger partial charge >= 0.3 is 0 Å². The lowest BCUT2D eigenvalue weighted by atomic mass is 9.97. The van der Waals surface area contributed by atoms with Crippen LogP contribution >= 0.6 is 24.0 Å². The summed E-state index contributed by atoms with van der Waals surface area (Å²) >= 11 is 0. The van der Waals surface area contributed by atoms with Crippen LogP contribution in [0.3, 0.4) is 0 Å². The molecule has 31 heavy (non-hydrogen) atoms. The molecule has 0 saturated carbocycles. The van der Waals surface area contributed by atoms with Crippen LogP contribution < -0.4 is 16.4 Å². The molecule has 2 unspecified atom stereocenters. The third-order valence-corrected chi connectivity index (χ3v) is 6.31. The highest BCUT2D eigenvalue weighted by atomic mass is 127. The molecule has 174 valence electrons. The Hall–Kier alpha value is -1.39. The molecule has 7 nitrogen and oxygen atoms in total. The maximum Gasteiger partial charge on any atom is 0.221 e. The lowest BCUT2D eigenvalue weighted by Crippen LogP contribution is -2.45. The minimum absolute atomic E-state index is 0. The number of benzene rings is 1. The summed E-state index contributed by atoms with van der Waals surface area (Å²) in [4.78, 5) is 20.7. The number of aliphatic imine (C=N–C) groups is 1. The molecule has 2 saturated heterocycles. The second-order valence-electron chi connectivity index (χ2n) is 8.53. The average molecular weight is 543 g/mol. The van der Waals surface area contributed by atoms with E-state index in [0.717, 1.165) is 71.0 Å². The number of hydrogen-bond acceptors (Lipinski definition) is 4. The molecule has 2 fully saturated rings. The Morgan fingerprint density at radius 1 is 1.16 bits per heavy atom. The van der Waals surface area contributed by atoms with Crippen LogP contribution in [0.15, 0.2) is 35.3 Å². The highest BCUT2D eigenvalue weighted by molar-refractivity contribution is 14.0. The molecular weight excluding hydrogens is 503 g/mol. The van der Waals surface area contributed by atoms with Crippen LogP contribution in [0.4, 0.5) is 0 Å². The largest absolute Gasteiger partial charge is 0.369 e. The van der Waals surface area contributed by atoms with Crippen molar-refractivity contribution < 1.29 is 4.79 Å². The van der Waals surface area contributed by atoms with Gasteiger partial charge in [0.15, 0.2) is 5.96 Å². The van der Waals surface area contributed by atoms with E-state index in [1.165, 1.54) is 18.4 Å². The third kappa shape index (κ3) is 8.57. The van der Waals surface area contributed by atoms with E-state index in [9.17, 15) is 4.79 Å². The average Bonchev–Trinajstić information content (AvgIpc) is 3.21. The molecule has 2 aliphatic rings. The van der Waals surface area contributed by atoms with Crippen LogP contribution in [-0.2, 0) is 11.3 Å². The number of nitrogens with one attached hydrogen (secondary N) is 2. The van der Waals surface area contributed by atoms with Crippen molar-refractivity contribution >= 4 is 35.8 Å².